The van der Waals surface area contributed by atoms with Gasteiger partial charge in [-0.1, -0.05) is 17.7 Å². The van der Waals surface area contributed by atoms with Gasteiger partial charge in [-0.2, -0.15) is 0 Å². The Morgan fingerprint density at radius 3 is 2.86 bits per heavy atom. The van der Waals surface area contributed by atoms with E-state index in [0.717, 1.165) is 0 Å². The lowest BCUT2D eigenvalue weighted by Gasteiger charge is -2.18. The summed E-state index contributed by atoms with van der Waals surface area (Å²) in [7, 11) is 1.71. The summed E-state index contributed by atoms with van der Waals surface area (Å²) < 4.78 is 24.7. The first-order valence-corrected chi connectivity index (χ1v) is 4.45. The lowest BCUT2D eigenvalue weighted by atomic mass is 10.3. The van der Waals surface area contributed by atoms with Gasteiger partial charge in [0.05, 0.1) is 17.0 Å². The molecule has 0 aliphatic carbocycles. The highest BCUT2D eigenvalue weighted by Gasteiger charge is 2.08. The van der Waals surface area contributed by atoms with E-state index in [1.54, 1.807) is 24.1 Å². The molecule has 0 aliphatic rings. The molecule has 1 aromatic carbocycles. The van der Waals surface area contributed by atoms with Crippen LogP contribution >= 0.6 is 11.6 Å². The van der Waals surface area contributed by atoms with Crippen molar-refractivity contribution in [2.75, 3.05) is 18.5 Å². The molecular formula is C10H10ClF2N. The van der Waals surface area contributed by atoms with Gasteiger partial charge in [-0.05, 0) is 18.2 Å². The number of benzene rings is 1. The quantitative estimate of drug-likeness (QED) is 0.750. The minimum Gasteiger partial charge on any atom is -0.369 e. The molecular weight excluding hydrogens is 208 g/mol. The normalized spacial score (nSPS) is 10.9. The SMILES string of the molecule is CN(CC=CF)c1cccc(F)c1Cl. The Morgan fingerprint density at radius 1 is 1.50 bits per heavy atom. The van der Waals surface area contributed by atoms with Gasteiger partial charge in [-0.15, -0.1) is 0 Å². The molecule has 14 heavy (non-hydrogen) atoms. The Labute approximate surface area is 86.6 Å². The fourth-order valence-corrected chi connectivity index (χ4v) is 1.35. The molecule has 0 N–H and O–H groups in total. The first kappa shape index (κ1) is 11.0. The molecule has 0 bridgehead atoms. The third-order valence-corrected chi connectivity index (χ3v) is 2.18. The van der Waals surface area contributed by atoms with Crippen LogP contribution in [0.4, 0.5) is 14.5 Å². The van der Waals surface area contributed by atoms with E-state index in [0.29, 0.717) is 18.6 Å². The number of likely N-dealkylation sites (N-methyl/N-ethyl adjacent to an activating group) is 1. The van der Waals surface area contributed by atoms with Crippen molar-refractivity contribution in [1.29, 1.82) is 0 Å². The molecule has 1 aromatic rings. The van der Waals surface area contributed by atoms with E-state index in [2.05, 4.69) is 0 Å². The third kappa shape index (κ3) is 2.45. The molecule has 1 nitrogen and oxygen atoms in total. The Morgan fingerprint density at radius 2 is 2.21 bits per heavy atom. The number of halogens is 3. The van der Waals surface area contributed by atoms with Crippen LogP contribution in [0.5, 0.6) is 0 Å². The van der Waals surface area contributed by atoms with Crippen LogP contribution in [0.15, 0.2) is 30.6 Å². The summed E-state index contributed by atoms with van der Waals surface area (Å²) in [5, 5.41) is 0.0576. The van der Waals surface area contributed by atoms with Crippen molar-refractivity contribution in [3.05, 3.63) is 41.4 Å². The maximum absolute atomic E-state index is 13.0. The van der Waals surface area contributed by atoms with Crippen LogP contribution in [0.1, 0.15) is 0 Å². The van der Waals surface area contributed by atoms with Gasteiger partial charge in [-0.25, -0.2) is 8.78 Å². The van der Waals surface area contributed by atoms with Gasteiger partial charge in [0.25, 0.3) is 0 Å². The zero-order chi connectivity index (χ0) is 10.6. The molecule has 0 aromatic heterocycles. The summed E-state index contributed by atoms with van der Waals surface area (Å²) in [4.78, 5) is 1.65. The number of nitrogens with zero attached hydrogens (tertiary/aromatic N) is 1. The van der Waals surface area contributed by atoms with E-state index in [1.165, 1.54) is 12.1 Å². The second kappa shape index (κ2) is 4.96. The largest absolute Gasteiger partial charge is 0.369 e. The van der Waals surface area contributed by atoms with Crippen LogP contribution in [0.2, 0.25) is 5.02 Å². The zero-order valence-electron chi connectivity index (χ0n) is 7.67. The van der Waals surface area contributed by atoms with E-state index < -0.39 is 5.82 Å². The van der Waals surface area contributed by atoms with Gasteiger partial charge in [0.1, 0.15) is 5.82 Å². The lowest BCUT2D eigenvalue weighted by molar-refractivity contribution is 0.628. The highest BCUT2D eigenvalue weighted by molar-refractivity contribution is 6.33. The van der Waals surface area contributed by atoms with Crippen molar-refractivity contribution >= 4 is 17.3 Å². The smallest absolute Gasteiger partial charge is 0.143 e. The van der Waals surface area contributed by atoms with Gasteiger partial charge >= 0.3 is 0 Å². The van der Waals surface area contributed by atoms with Crippen LogP contribution in [0.3, 0.4) is 0 Å². The molecule has 0 spiro atoms. The molecule has 76 valence electrons. The van der Waals surface area contributed by atoms with Crippen molar-refractivity contribution in [2.45, 2.75) is 0 Å². The third-order valence-electron chi connectivity index (χ3n) is 1.81. The fraction of sp³-hybridized carbons (Fsp3) is 0.200. The number of hydrogen-bond acceptors (Lipinski definition) is 1. The van der Waals surface area contributed by atoms with E-state index in [1.807, 2.05) is 0 Å². The average molecular weight is 218 g/mol. The van der Waals surface area contributed by atoms with Crippen LogP contribution in [0.25, 0.3) is 0 Å². The first-order valence-electron chi connectivity index (χ1n) is 4.07. The second-order valence-electron chi connectivity index (χ2n) is 2.82. The maximum Gasteiger partial charge on any atom is 0.143 e. The Hall–Kier alpha value is -1.09. The Balaban J connectivity index is 2.89. The van der Waals surface area contributed by atoms with Crippen molar-refractivity contribution in [1.82, 2.24) is 0 Å². The van der Waals surface area contributed by atoms with Crippen LogP contribution < -0.4 is 4.90 Å². The molecule has 0 fully saturated rings. The topological polar surface area (TPSA) is 3.24 Å². The van der Waals surface area contributed by atoms with Gasteiger partial charge < -0.3 is 4.90 Å². The van der Waals surface area contributed by atoms with Crippen molar-refractivity contribution in [2.24, 2.45) is 0 Å². The van der Waals surface area contributed by atoms with Crippen LogP contribution in [-0.4, -0.2) is 13.6 Å². The summed E-state index contributed by atoms with van der Waals surface area (Å²) in [6.45, 7) is 0.347. The second-order valence-corrected chi connectivity index (χ2v) is 3.19. The standard InChI is InChI=1S/C10H10ClF2N/c1-14(7-3-6-12)9-5-2-4-8(13)10(9)11/h2-6H,7H2,1H3. The van der Waals surface area contributed by atoms with Gasteiger partial charge in [0, 0.05) is 13.6 Å². The molecule has 0 saturated carbocycles. The summed E-state index contributed by atoms with van der Waals surface area (Å²) in [6.07, 6.45) is 1.77. The van der Waals surface area contributed by atoms with E-state index in [-0.39, 0.29) is 5.02 Å². The number of rotatable bonds is 3. The molecule has 0 aliphatic heterocycles. The molecule has 4 heteroatoms. The Kier molecular flexibility index (Phi) is 3.89. The molecule has 0 atom stereocenters. The van der Waals surface area contributed by atoms with E-state index in [4.69, 9.17) is 11.6 Å². The van der Waals surface area contributed by atoms with Crippen LogP contribution in [-0.2, 0) is 0 Å². The van der Waals surface area contributed by atoms with Crippen molar-refractivity contribution in [3.8, 4) is 0 Å². The minimum absolute atomic E-state index is 0.0576. The minimum atomic E-state index is -0.472. The number of hydrogen-bond donors (Lipinski definition) is 0. The zero-order valence-corrected chi connectivity index (χ0v) is 8.43. The molecule has 0 saturated heterocycles. The predicted molar refractivity (Wildman–Crippen MR) is 54.9 cm³/mol. The molecule has 0 unspecified atom stereocenters. The first-order chi connectivity index (χ1) is 6.66. The Bertz CT molecular complexity index is 339. The maximum atomic E-state index is 13.0. The van der Waals surface area contributed by atoms with Crippen molar-refractivity contribution in [3.63, 3.8) is 0 Å². The highest BCUT2D eigenvalue weighted by Crippen LogP contribution is 2.27. The average Bonchev–Trinajstić information content (AvgIpc) is 2.18. The summed E-state index contributed by atoms with van der Waals surface area (Å²) >= 11 is 5.73. The summed E-state index contributed by atoms with van der Waals surface area (Å²) in [6, 6.07) is 4.52. The fourth-order valence-electron chi connectivity index (χ4n) is 1.08. The predicted octanol–water partition coefficient (Wildman–Crippen LogP) is 3.40. The highest BCUT2D eigenvalue weighted by atomic mass is 35.5. The number of anilines is 1. The van der Waals surface area contributed by atoms with Gasteiger partial charge in [-0.3, -0.25) is 0 Å². The monoisotopic (exact) mass is 217 g/mol. The van der Waals surface area contributed by atoms with Crippen LogP contribution in [0, 0.1) is 5.82 Å². The molecule has 0 radical (unpaired) electrons. The molecule has 0 heterocycles. The van der Waals surface area contributed by atoms with Crippen molar-refractivity contribution < 1.29 is 8.78 Å². The van der Waals surface area contributed by atoms with E-state index >= 15 is 0 Å². The van der Waals surface area contributed by atoms with Gasteiger partial charge in [0.2, 0.25) is 0 Å². The molecule has 0 amide bonds. The lowest BCUT2D eigenvalue weighted by Crippen LogP contribution is -2.17. The summed E-state index contributed by atoms with van der Waals surface area (Å²) in [5.41, 5.74) is 0.546. The molecule has 1 rings (SSSR count). The summed E-state index contributed by atoms with van der Waals surface area (Å²) in [5.74, 6) is -0.472. The van der Waals surface area contributed by atoms with E-state index in [9.17, 15) is 8.78 Å². The van der Waals surface area contributed by atoms with Gasteiger partial charge in [0.15, 0.2) is 0 Å².